The van der Waals surface area contributed by atoms with Gasteiger partial charge in [0.25, 0.3) is 0 Å². The highest BCUT2D eigenvalue weighted by atomic mass is 32.2. The van der Waals surface area contributed by atoms with Crippen molar-refractivity contribution in [1.82, 2.24) is 19.5 Å². The van der Waals surface area contributed by atoms with Crippen LogP contribution in [0.4, 0.5) is 0 Å². The largest absolute Gasteiger partial charge is 0.472 e. The van der Waals surface area contributed by atoms with E-state index < -0.39 is 10.0 Å². The fourth-order valence-corrected chi connectivity index (χ4v) is 3.73. The van der Waals surface area contributed by atoms with E-state index >= 15 is 0 Å². The van der Waals surface area contributed by atoms with Gasteiger partial charge < -0.3 is 4.74 Å². The lowest BCUT2D eigenvalue weighted by atomic mass is 10.3. The first-order valence-electron chi connectivity index (χ1n) is 6.93. The maximum absolute atomic E-state index is 12.5. The van der Waals surface area contributed by atoms with E-state index in [0.717, 1.165) is 5.69 Å². The van der Waals surface area contributed by atoms with Gasteiger partial charge in [-0.2, -0.15) is 9.40 Å². The van der Waals surface area contributed by atoms with Gasteiger partial charge in [0, 0.05) is 25.0 Å². The number of ether oxygens (including phenoxy) is 1. The van der Waals surface area contributed by atoms with Crippen molar-refractivity contribution in [3.63, 3.8) is 0 Å². The second kappa shape index (κ2) is 5.98. The van der Waals surface area contributed by atoms with Gasteiger partial charge in [-0.3, -0.25) is 4.98 Å². The molecule has 1 atom stereocenters. The highest BCUT2D eigenvalue weighted by Crippen LogP contribution is 2.22. The molecular formula is C14H16N4O3S. The smallest absolute Gasteiger partial charge is 0.244 e. The van der Waals surface area contributed by atoms with Gasteiger partial charge in [-0.25, -0.2) is 8.42 Å². The van der Waals surface area contributed by atoms with Gasteiger partial charge in [-0.15, -0.1) is 5.10 Å². The maximum atomic E-state index is 12.5. The summed E-state index contributed by atoms with van der Waals surface area (Å²) in [6, 6.07) is 6.70. The predicted octanol–water partition coefficient (Wildman–Crippen LogP) is 1.02. The van der Waals surface area contributed by atoms with Gasteiger partial charge in [-0.1, -0.05) is 0 Å². The maximum Gasteiger partial charge on any atom is 0.244 e. The van der Waals surface area contributed by atoms with E-state index in [4.69, 9.17) is 4.74 Å². The monoisotopic (exact) mass is 320 g/mol. The Morgan fingerprint density at radius 1 is 1.27 bits per heavy atom. The van der Waals surface area contributed by atoms with E-state index in [1.54, 1.807) is 30.5 Å². The summed E-state index contributed by atoms with van der Waals surface area (Å²) in [7, 11) is -3.52. The minimum atomic E-state index is -3.52. The minimum Gasteiger partial charge on any atom is -0.472 e. The fraction of sp³-hybridized carbons (Fsp3) is 0.357. The number of hydrogen-bond acceptors (Lipinski definition) is 6. The van der Waals surface area contributed by atoms with Crippen LogP contribution in [0.25, 0.3) is 0 Å². The molecule has 0 bridgehead atoms. The molecule has 0 radical (unpaired) electrons. The Kier molecular flexibility index (Phi) is 4.04. The van der Waals surface area contributed by atoms with Crippen molar-refractivity contribution in [2.24, 2.45) is 0 Å². The molecule has 1 saturated heterocycles. The summed E-state index contributed by atoms with van der Waals surface area (Å²) in [5.74, 6) is 0.413. The molecule has 1 aliphatic heterocycles. The number of aryl methyl sites for hydroxylation is 1. The molecule has 8 heteroatoms. The molecule has 116 valence electrons. The zero-order valence-corrected chi connectivity index (χ0v) is 12.9. The van der Waals surface area contributed by atoms with E-state index in [1.165, 1.54) is 10.5 Å². The summed E-state index contributed by atoms with van der Waals surface area (Å²) in [6.07, 6.45) is 3.30. The first-order chi connectivity index (χ1) is 10.6. The highest BCUT2D eigenvalue weighted by Gasteiger charge is 2.33. The Labute approximate surface area is 129 Å². The lowest BCUT2D eigenvalue weighted by Gasteiger charge is -2.16. The van der Waals surface area contributed by atoms with Gasteiger partial charge in [0.05, 0.1) is 12.2 Å². The van der Waals surface area contributed by atoms with Crippen LogP contribution in [0, 0.1) is 6.92 Å². The van der Waals surface area contributed by atoms with Gasteiger partial charge in [0.1, 0.15) is 11.0 Å². The molecule has 0 spiro atoms. The Morgan fingerprint density at radius 3 is 2.82 bits per heavy atom. The second-order valence-electron chi connectivity index (χ2n) is 5.09. The van der Waals surface area contributed by atoms with Crippen LogP contribution in [-0.4, -0.2) is 47.1 Å². The van der Waals surface area contributed by atoms with Crippen LogP contribution in [0.2, 0.25) is 0 Å². The number of pyridine rings is 1. The summed E-state index contributed by atoms with van der Waals surface area (Å²) < 4.78 is 32.1. The lowest BCUT2D eigenvalue weighted by molar-refractivity contribution is 0.204. The molecule has 3 rings (SSSR count). The molecule has 0 unspecified atom stereocenters. The van der Waals surface area contributed by atoms with Crippen molar-refractivity contribution in [3.05, 3.63) is 42.4 Å². The Bertz CT molecular complexity index is 734. The molecule has 2 aromatic rings. The van der Waals surface area contributed by atoms with Crippen LogP contribution < -0.4 is 4.74 Å². The lowest BCUT2D eigenvalue weighted by Crippen LogP contribution is -2.31. The van der Waals surface area contributed by atoms with Crippen LogP contribution in [0.3, 0.4) is 0 Å². The van der Waals surface area contributed by atoms with E-state index in [0.29, 0.717) is 25.4 Å². The molecule has 2 aromatic heterocycles. The SMILES string of the molecule is Cc1ccc(O[C@H]2CCN(S(=O)(=O)c3cccnc3)C2)nn1. The molecule has 1 aliphatic rings. The summed E-state index contributed by atoms with van der Waals surface area (Å²) >= 11 is 0. The molecule has 0 N–H and O–H groups in total. The summed E-state index contributed by atoms with van der Waals surface area (Å²) in [5.41, 5.74) is 0.805. The molecule has 0 aromatic carbocycles. The van der Waals surface area contributed by atoms with Crippen molar-refractivity contribution in [2.75, 3.05) is 13.1 Å². The topological polar surface area (TPSA) is 85.3 Å². The molecule has 7 nitrogen and oxygen atoms in total. The summed E-state index contributed by atoms with van der Waals surface area (Å²) in [6.45, 7) is 2.56. The molecular weight excluding hydrogens is 304 g/mol. The molecule has 0 saturated carbocycles. The average molecular weight is 320 g/mol. The number of nitrogens with zero attached hydrogens (tertiary/aromatic N) is 4. The first-order valence-corrected chi connectivity index (χ1v) is 8.37. The van der Waals surface area contributed by atoms with Crippen molar-refractivity contribution in [1.29, 1.82) is 0 Å². The van der Waals surface area contributed by atoms with Crippen LogP contribution in [-0.2, 0) is 10.0 Å². The fourth-order valence-electron chi connectivity index (χ4n) is 2.28. The normalized spacial score (nSPS) is 19.2. The van der Waals surface area contributed by atoms with Gasteiger partial charge in [0.2, 0.25) is 15.9 Å². The van der Waals surface area contributed by atoms with Crippen molar-refractivity contribution < 1.29 is 13.2 Å². The predicted molar refractivity (Wildman–Crippen MR) is 78.8 cm³/mol. The van der Waals surface area contributed by atoms with E-state index in [1.807, 2.05) is 6.92 Å². The minimum absolute atomic E-state index is 0.200. The first kappa shape index (κ1) is 14.9. The molecule has 1 fully saturated rings. The quantitative estimate of drug-likeness (QED) is 0.836. The van der Waals surface area contributed by atoms with Crippen molar-refractivity contribution in [3.8, 4) is 5.88 Å². The third-order valence-electron chi connectivity index (χ3n) is 3.44. The number of hydrogen-bond donors (Lipinski definition) is 0. The van der Waals surface area contributed by atoms with Gasteiger partial charge in [-0.05, 0) is 31.5 Å². The third-order valence-corrected chi connectivity index (χ3v) is 5.29. The summed E-state index contributed by atoms with van der Waals surface area (Å²) in [5, 5.41) is 7.86. The molecule has 0 aliphatic carbocycles. The van der Waals surface area contributed by atoms with E-state index in [-0.39, 0.29) is 11.0 Å². The zero-order valence-electron chi connectivity index (χ0n) is 12.1. The number of sulfonamides is 1. The van der Waals surface area contributed by atoms with Crippen LogP contribution in [0.15, 0.2) is 41.6 Å². The standard InChI is InChI=1S/C14H16N4O3S/c1-11-4-5-14(17-16-11)21-12-6-8-18(10-12)22(19,20)13-3-2-7-15-9-13/h2-5,7,9,12H,6,8,10H2,1H3/t12-/m0/s1. The number of aromatic nitrogens is 3. The van der Waals surface area contributed by atoms with Gasteiger partial charge >= 0.3 is 0 Å². The molecule has 0 amide bonds. The third kappa shape index (κ3) is 3.07. The van der Waals surface area contributed by atoms with Gasteiger partial charge in [0.15, 0.2) is 0 Å². The number of rotatable bonds is 4. The molecule has 22 heavy (non-hydrogen) atoms. The van der Waals surface area contributed by atoms with E-state index in [2.05, 4.69) is 15.2 Å². The van der Waals surface area contributed by atoms with E-state index in [9.17, 15) is 8.42 Å². The Morgan fingerprint density at radius 2 is 2.14 bits per heavy atom. The molecule has 3 heterocycles. The second-order valence-corrected chi connectivity index (χ2v) is 7.03. The van der Waals surface area contributed by atoms with Crippen LogP contribution in [0.1, 0.15) is 12.1 Å². The zero-order chi connectivity index (χ0) is 15.6. The van der Waals surface area contributed by atoms with Crippen LogP contribution >= 0.6 is 0 Å². The average Bonchev–Trinajstić information content (AvgIpc) is 3.00. The van der Waals surface area contributed by atoms with Crippen molar-refractivity contribution >= 4 is 10.0 Å². The Balaban J connectivity index is 1.68. The highest BCUT2D eigenvalue weighted by molar-refractivity contribution is 7.89. The summed E-state index contributed by atoms with van der Waals surface area (Å²) in [4.78, 5) is 4.06. The van der Waals surface area contributed by atoms with Crippen LogP contribution in [0.5, 0.6) is 5.88 Å². The van der Waals surface area contributed by atoms with Crippen molar-refractivity contribution in [2.45, 2.75) is 24.3 Å². The Hall–Kier alpha value is -2.06.